The highest BCUT2D eigenvalue weighted by Crippen LogP contribution is 2.57. The van der Waals surface area contributed by atoms with Crippen LogP contribution >= 0.6 is 7.60 Å². The van der Waals surface area contributed by atoms with E-state index in [1.807, 2.05) is 13.8 Å². The first kappa shape index (κ1) is 14.8. The fraction of sp³-hybridized carbons (Fsp3) is 0.800. The van der Waals surface area contributed by atoms with E-state index in [0.29, 0.717) is 6.42 Å². The van der Waals surface area contributed by atoms with Crippen LogP contribution in [0.25, 0.3) is 0 Å². The van der Waals surface area contributed by atoms with Crippen LogP contribution in [-0.2, 0) is 13.6 Å². The molecule has 1 unspecified atom stereocenters. The van der Waals surface area contributed by atoms with Crippen molar-refractivity contribution in [1.29, 1.82) is 0 Å². The first-order valence-electron chi connectivity index (χ1n) is 4.93. The van der Waals surface area contributed by atoms with Crippen molar-refractivity contribution in [2.75, 3.05) is 14.2 Å². The van der Waals surface area contributed by atoms with Crippen molar-refractivity contribution in [3.63, 3.8) is 0 Å². The monoisotopic (exact) mass is 235 g/mol. The number of hydrogen-bond donors (Lipinski definition) is 1. The molecule has 0 aliphatic rings. The third kappa shape index (κ3) is 4.07. The van der Waals surface area contributed by atoms with Crippen molar-refractivity contribution in [3.8, 4) is 0 Å². The van der Waals surface area contributed by atoms with E-state index in [2.05, 4.69) is 6.08 Å². The lowest BCUT2D eigenvalue weighted by atomic mass is 10.1. The number of allylic oxidation sites excluding steroid dienone is 2. The van der Waals surface area contributed by atoms with E-state index in [4.69, 9.17) is 14.8 Å². The van der Waals surface area contributed by atoms with Gasteiger partial charge < -0.3 is 14.8 Å². The zero-order chi connectivity index (χ0) is 12.1. The lowest BCUT2D eigenvalue weighted by Crippen LogP contribution is -2.36. The molecule has 90 valence electrons. The second-order valence-corrected chi connectivity index (χ2v) is 6.79. The van der Waals surface area contributed by atoms with Crippen LogP contribution < -0.4 is 5.73 Å². The van der Waals surface area contributed by atoms with Crippen molar-refractivity contribution in [2.24, 2.45) is 5.73 Å². The number of nitrogens with two attached hydrogens (primary N) is 1. The molecule has 0 heterocycles. The van der Waals surface area contributed by atoms with Crippen LogP contribution in [0.2, 0.25) is 0 Å². The highest BCUT2D eigenvalue weighted by Gasteiger charge is 2.41. The van der Waals surface area contributed by atoms with Crippen LogP contribution in [0.5, 0.6) is 0 Å². The molecule has 0 aliphatic carbocycles. The van der Waals surface area contributed by atoms with E-state index >= 15 is 0 Å². The van der Waals surface area contributed by atoms with Gasteiger partial charge in [-0.3, -0.25) is 4.57 Å². The molecule has 0 radical (unpaired) electrons. The molecule has 0 saturated heterocycles. The summed E-state index contributed by atoms with van der Waals surface area (Å²) < 4.78 is 21.9. The molecule has 0 rings (SSSR count). The zero-order valence-corrected chi connectivity index (χ0v) is 11.1. The summed E-state index contributed by atoms with van der Waals surface area (Å²) in [5, 5.41) is -0.942. The Bertz CT molecular complexity index is 262. The minimum Gasteiger partial charge on any atom is -0.315 e. The van der Waals surface area contributed by atoms with Crippen molar-refractivity contribution in [1.82, 2.24) is 0 Å². The second kappa shape index (κ2) is 5.80. The molecule has 4 nitrogen and oxygen atoms in total. The smallest absolute Gasteiger partial charge is 0.315 e. The Morgan fingerprint density at radius 2 is 1.87 bits per heavy atom. The summed E-state index contributed by atoms with van der Waals surface area (Å²) in [6, 6.07) is 0. The van der Waals surface area contributed by atoms with E-state index in [-0.39, 0.29) is 0 Å². The summed E-state index contributed by atoms with van der Waals surface area (Å²) in [4.78, 5) is 0. The van der Waals surface area contributed by atoms with Gasteiger partial charge in [0.05, 0.1) is 0 Å². The zero-order valence-electron chi connectivity index (χ0n) is 10.2. The van der Waals surface area contributed by atoms with Gasteiger partial charge in [-0.1, -0.05) is 11.6 Å². The van der Waals surface area contributed by atoms with Gasteiger partial charge in [-0.15, -0.1) is 0 Å². The Labute approximate surface area is 92.4 Å². The number of rotatable bonds is 6. The van der Waals surface area contributed by atoms with Crippen LogP contribution in [0.4, 0.5) is 0 Å². The van der Waals surface area contributed by atoms with Gasteiger partial charge in [-0.25, -0.2) is 0 Å². The molecular formula is C10H22NO3P. The van der Waals surface area contributed by atoms with Gasteiger partial charge in [0, 0.05) is 14.2 Å². The standard InChI is InChI=1S/C10H22NO3P/c1-9(2)7-6-8-10(3,11)15(12,13-4)14-5/h7H,6,8,11H2,1-5H3. The van der Waals surface area contributed by atoms with Gasteiger partial charge in [0.2, 0.25) is 0 Å². The molecule has 5 heteroatoms. The van der Waals surface area contributed by atoms with Gasteiger partial charge in [0.15, 0.2) is 0 Å². The molecule has 0 amide bonds. The van der Waals surface area contributed by atoms with E-state index in [1.165, 1.54) is 19.8 Å². The lowest BCUT2D eigenvalue weighted by Gasteiger charge is -2.30. The maximum Gasteiger partial charge on any atom is 0.349 e. The lowest BCUT2D eigenvalue weighted by molar-refractivity contribution is 0.245. The van der Waals surface area contributed by atoms with Gasteiger partial charge in [0.25, 0.3) is 0 Å². The van der Waals surface area contributed by atoms with Gasteiger partial charge in [-0.2, -0.15) is 0 Å². The maximum absolute atomic E-state index is 12.1. The first-order valence-corrected chi connectivity index (χ1v) is 6.47. The van der Waals surface area contributed by atoms with Crippen molar-refractivity contribution >= 4 is 7.60 Å². The SMILES string of the molecule is COP(=O)(OC)C(C)(N)CCC=C(C)C. The van der Waals surface area contributed by atoms with E-state index in [1.54, 1.807) is 6.92 Å². The van der Waals surface area contributed by atoms with Crippen molar-refractivity contribution < 1.29 is 13.6 Å². The summed E-state index contributed by atoms with van der Waals surface area (Å²) in [5.41, 5.74) is 7.18. The summed E-state index contributed by atoms with van der Waals surface area (Å²) in [5.74, 6) is 0. The average Bonchev–Trinajstić information content (AvgIpc) is 2.15. The third-order valence-corrected chi connectivity index (χ3v) is 4.75. The Hall–Kier alpha value is -0.150. The molecule has 0 aliphatic heterocycles. The molecule has 2 N–H and O–H groups in total. The summed E-state index contributed by atoms with van der Waals surface area (Å²) >= 11 is 0. The molecular weight excluding hydrogens is 213 g/mol. The summed E-state index contributed by atoms with van der Waals surface area (Å²) in [6.07, 6.45) is 3.39. The predicted octanol–water partition coefficient (Wildman–Crippen LogP) is 2.89. The average molecular weight is 235 g/mol. The molecule has 0 saturated carbocycles. The van der Waals surface area contributed by atoms with Gasteiger partial charge in [0.1, 0.15) is 5.28 Å². The quantitative estimate of drug-likeness (QED) is 0.568. The normalized spacial score (nSPS) is 15.9. The largest absolute Gasteiger partial charge is 0.349 e. The fourth-order valence-corrected chi connectivity index (χ4v) is 2.67. The van der Waals surface area contributed by atoms with Gasteiger partial charge in [-0.05, 0) is 33.6 Å². The Balaban J connectivity index is 4.53. The topological polar surface area (TPSA) is 61.5 Å². The highest BCUT2D eigenvalue weighted by atomic mass is 31.2. The summed E-state index contributed by atoms with van der Waals surface area (Å²) in [7, 11) is -0.481. The molecule has 0 aromatic carbocycles. The minimum absolute atomic E-state index is 0.567. The molecule has 0 bridgehead atoms. The maximum atomic E-state index is 12.1. The fourth-order valence-electron chi connectivity index (χ4n) is 1.28. The van der Waals surface area contributed by atoms with Crippen LogP contribution in [-0.4, -0.2) is 19.5 Å². The van der Waals surface area contributed by atoms with Crippen LogP contribution in [0.3, 0.4) is 0 Å². The van der Waals surface area contributed by atoms with E-state index < -0.39 is 12.9 Å². The molecule has 0 fully saturated rings. The van der Waals surface area contributed by atoms with Crippen LogP contribution in [0, 0.1) is 0 Å². The molecule has 0 aromatic heterocycles. The Morgan fingerprint density at radius 3 is 2.20 bits per heavy atom. The number of hydrogen-bond acceptors (Lipinski definition) is 4. The molecule has 0 aromatic rings. The second-order valence-electron chi connectivity index (χ2n) is 4.04. The Kier molecular flexibility index (Phi) is 5.75. The first-order chi connectivity index (χ1) is 6.79. The van der Waals surface area contributed by atoms with Crippen LogP contribution in [0.15, 0.2) is 11.6 Å². The molecule has 1 atom stereocenters. The van der Waals surface area contributed by atoms with E-state index in [0.717, 1.165) is 6.42 Å². The highest BCUT2D eigenvalue weighted by molar-refractivity contribution is 7.55. The molecule has 0 spiro atoms. The van der Waals surface area contributed by atoms with Gasteiger partial charge >= 0.3 is 7.60 Å². The Morgan fingerprint density at radius 1 is 1.40 bits per heavy atom. The minimum atomic E-state index is -3.20. The van der Waals surface area contributed by atoms with E-state index in [9.17, 15) is 4.57 Å². The summed E-state index contributed by atoms with van der Waals surface area (Å²) in [6.45, 7) is 5.72. The van der Waals surface area contributed by atoms with Crippen molar-refractivity contribution in [2.45, 2.75) is 38.9 Å². The van der Waals surface area contributed by atoms with Crippen molar-refractivity contribution in [3.05, 3.63) is 11.6 Å². The van der Waals surface area contributed by atoms with Crippen LogP contribution in [0.1, 0.15) is 33.6 Å². The predicted molar refractivity (Wildman–Crippen MR) is 62.9 cm³/mol. The third-order valence-electron chi connectivity index (χ3n) is 2.31. The molecule has 15 heavy (non-hydrogen) atoms.